The van der Waals surface area contributed by atoms with Gasteiger partial charge in [-0.3, -0.25) is 25.0 Å². The van der Waals surface area contributed by atoms with E-state index in [1.54, 1.807) is 30.3 Å². The van der Waals surface area contributed by atoms with E-state index in [0.29, 0.717) is 42.4 Å². The molecule has 2 saturated carbocycles. The number of non-ortho nitro benzene ring substituents is 2. The van der Waals surface area contributed by atoms with Crippen molar-refractivity contribution in [3.8, 4) is 0 Å². The Morgan fingerprint density at radius 3 is 2.20 bits per heavy atom. The molecule has 2 aromatic rings. The Balaban J connectivity index is 1.52. The second-order valence-corrected chi connectivity index (χ2v) is 9.84. The van der Waals surface area contributed by atoms with Gasteiger partial charge in [0.25, 0.3) is 11.4 Å². The molecule has 0 radical (unpaired) electrons. The Morgan fingerprint density at radius 2 is 1.57 bits per heavy atom. The molecule has 0 unspecified atom stereocenters. The minimum Gasteiger partial charge on any atom is -0.365 e. The summed E-state index contributed by atoms with van der Waals surface area (Å²) in [5, 5.41) is 33.4. The number of rotatable bonds is 4. The van der Waals surface area contributed by atoms with Gasteiger partial charge in [0.05, 0.1) is 21.4 Å². The lowest BCUT2D eigenvalue weighted by Gasteiger charge is -2.53. The first-order valence-corrected chi connectivity index (χ1v) is 11.9. The molecular formula is C26H26N2O7. The molecule has 3 fully saturated rings. The van der Waals surface area contributed by atoms with Crippen LogP contribution in [-0.4, -0.2) is 26.5 Å². The van der Waals surface area contributed by atoms with Gasteiger partial charge in [-0.15, -0.1) is 0 Å². The summed E-state index contributed by atoms with van der Waals surface area (Å²) in [6.07, 6.45) is 5.68. The fourth-order valence-electron chi connectivity index (χ4n) is 6.02. The Kier molecular flexibility index (Phi) is 5.77. The minimum atomic E-state index is -1.32. The summed E-state index contributed by atoms with van der Waals surface area (Å²) in [5.41, 5.74) is 1.01. The number of nitro groups is 2. The maximum absolute atomic E-state index is 14.0. The van der Waals surface area contributed by atoms with Gasteiger partial charge in [0.2, 0.25) is 0 Å². The van der Waals surface area contributed by atoms with Crippen molar-refractivity contribution in [1.82, 2.24) is 0 Å². The summed E-state index contributed by atoms with van der Waals surface area (Å²) in [5.74, 6) is -1.53. The van der Waals surface area contributed by atoms with Crippen molar-refractivity contribution in [3.63, 3.8) is 0 Å². The van der Waals surface area contributed by atoms with E-state index in [-0.39, 0.29) is 23.1 Å². The van der Waals surface area contributed by atoms with Crippen molar-refractivity contribution >= 4 is 23.2 Å². The van der Waals surface area contributed by atoms with E-state index in [2.05, 4.69) is 0 Å². The second-order valence-electron chi connectivity index (χ2n) is 9.84. The topological polar surface area (TPSA) is 133 Å². The fourth-order valence-corrected chi connectivity index (χ4v) is 6.02. The molecule has 0 bridgehead atoms. The number of Topliss-reactive ketones (excluding diaryl/α,β-unsaturated/α-hetero) is 1. The van der Waals surface area contributed by atoms with Gasteiger partial charge in [-0.25, -0.2) is 0 Å². The van der Waals surface area contributed by atoms with E-state index in [0.717, 1.165) is 19.3 Å². The molecule has 0 aromatic heterocycles. The number of benzene rings is 2. The monoisotopic (exact) mass is 478 g/mol. The molecule has 1 N–H and O–H groups in total. The molecular weight excluding hydrogens is 452 g/mol. The van der Waals surface area contributed by atoms with Gasteiger partial charge in [0.1, 0.15) is 0 Å². The number of carbonyl (C=O) groups excluding carboxylic acids is 1. The number of hydrogen-bond acceptors (Lipinski definition) is 7. The summed E-state index contributed by atoms with van der Waals surface area (Å²) in [6, 6.07) is 12.1. The van der Waals surface area contributed by atoms with Crippen LogP contribution in [0.4, 0.5) is 11.4 Å². The average molecular weight is 479 g/mol. The normalized spacial score (nSPS) is 31.5. The largest absolute Gasteiger partial charge is 0.365 e. The first-order chi connectivity index (χ1) is 16.7. The van der Waals surface area contributed by atoms with Crippen LogP contribution in [0, 0.1) is 31.6 Å². The maximum atomic E-state index is 14.0. The minimum absolute atomic E-state index is 0.0168. The number of nitro benzene ring substituents is 2. The predicted octanol–water partition coefficient (Wildman–Crippen LogP) is 5.28. The molecule has 5 rings (SSSR count). The van der Waals surface area contributed by atoms with Crippen LogP contribution < -0.4 is 0 Å². The highest BCUT2D eigenvalue weighted by molar-refractivity contribution is 6.06. The zero-order valence-electron chi connectivity index (χ0n) is 19.1. The highest BCUT2D eigenvalue weighted by Crippen LogP contribution is 2.61. The number of aliphatic hydroxyl groups is 1. The smallest absolute Gasteiger partial charge is 0.269 e. The van der Waals surface area contributed by atoms with E-state index in [1.165, 1.54) is 24.3 Å². The van der Waals surface area contributed by atoms with E-state index in [4.69, 9.17) is 4.74 Å². The molecule has 1 spiro atoms. The molecule has 2 aliphatic carbocycles. The zero-order valence-corrected chi connectivity index (χ0v) is 19.1. The molecule has 35 heavy (non-hydrogen) atoms. The lowest BCUT2D eigenvalue weighted by Crippen LogP contribution is -2.55. The summed E-state index contributed by atoms with van der Waals surface area (Å²) >= 11 is 0. The number of carbonyl (C=O) groups is 1. The Labute approximate surface area is 201 Å². The van der Waals surface area contributed by atoms with Crippen LogP contribution >= 0.6 is 0 Å². The van der Waals surface area contributed by atoms with Gasteiger partial charge in [0.15, 0.2) is 11.6 Å². The highest BCUT2D eigenvalue weighted by Gasteiger charge is 2.61. The number of hydrogen-bond donors (Lipinski definition) is 1. The van der Waals surface area contributed by atoms with Crippen LogP contribution in [0.25, 0.3) is 6.08 Å². The van der Waals surface area contributed by atoms with Gasteiger partial charge >= 0.3 is 0 Å². The highest BCUT2D eigenvalue weighted by atomic mass is 16.6. The standard InChI is InChI=1S/C26H26N2O7/c29-23-19(15-17-4-8-21(9-5-17)27(31)32)12-14-25(23)16-20-3-1-2-13-26(20,30)35-24(25)18-6-10-22(11-7-18)28(33)34/h4-11,15,20,24,30H,1-3,12-14,16H2/b19-15+/t20-,24+,25-,26+/m0/s1. The molecule has 4 atom stereocenters. The summed E-state index contributed by atoms with van der Waals surface area (Å²) in [4.78, 5) is 35.1. The molecule has 3 aliphatic rings. The van der Waals surface area contributed by atoms with Crippen molar-refractivity contribution < 1.29 is 24.5 Å². The van der Waals surface area contributed by atoms with Gasteiger partial charge < -0.3 is 9.84 Å². The Hall–Kier alpha value is -3.43. The molecule has 1 heterocycles. The number of nitrogens with zero attached hydrogens (tertiary/aromatic N) is 2. The van der Waals surface area contributed by atoms with E-state index < -0.39 is 27.2 Å². The third-order valence-electron chi connectivity index (χ3n) is 7.85. The van der Waals surface area contributed by atoms with Gasteiger partial charge in [-0.05, 0) is 79.1 Å². The maximum Gasteiger partial charge on any atom is 0.269 e. The quantitative estimate of drug-likeness (QED) is 0.359. The molecule has 9 nitrogen and oxygen atoms in total. The Morgan fingerprint density at radius 1 is 0.943 bits per heavy atom. The van der Waals surface area contributed by atoms with Gasteiger partial charge in [-0.1, -0.05) is 6.42 Å². The average Bonchev–Trinajstić information content (AvgIpc) is 3.15. The third kappa shape index (κ3) is 4.04. The first kappa shape index (κ1) is 23.3. The number of ketones is 1. The molecule has 0 amide bonds. The summed E-state index contributed by atoms with van der Waals surface area (Å²) in [6.45, 7) is 0. The van der Waals surface area contributed by atoms with Gasteiger partial charge in [0, 0.05) is 36.6 Å². The molecule has 182 valence electrons. The van der Waals surface area contributed by atoms with Crippen LogP contribution in [0.1, 0.15) is 62.2 Å². The molecule has 9 heteroatoms. The van der Waals surface area contributed by atoms with Crippen molar-refractivity contribution in [2.24, 2.45) is 11.3 Å². The predicted molar refractivity (Wildman–Crippen MR) is 126 cm³/mol. The van der Waals surface area contributed by atoms with E-state index >= 15 is 0 Å². The number of allylic oxidation sites excluding steroid dienone is 1. The van der Waals surface area contributed by atoms with Crippen molar-refractivity contribution in [3.05, 3.63) is 85.5 Å². The van der Waals surface area contributed by atoms with Crippen LogP contribution in [0.2, 0.25) is 0 Å². The van der Waals surface area contributed by atoms with Crippen molar-refractivity contribution in [1.29, 1.82) is 0 Å². The SMILES string of the molecule is O=C1/C(=C/c2ccc([N+](=O)[O-])cc2)CC[C@]12C[C@@H]1CCCC[C@@]1(O)O[C@@H]2c1ccc([N+](=O)[O-])cc1. The summed E-state index contributed by atoms with van der Waals surface area (Å²) in [7, 11) is 0. The molecule has 1 saturated heterocycles. The van der Waals surface area contributed by atoms with Crippen LogP contribution in [0.15, 0.2) is 54.1 Å². The lowest BCUT2D eigenvalue weighted by atomic mass is 9.63. The van der Waals surface area contributed by atoms with Crippen LogP contribution in [0.5, 0.6) is 0 Å². The van der Waals surface area contributed by atoms with Gasteiger partial charge in [-0.2, -0.15) is 0 Å². The second kappa shape index (κ2) is 8.66. The van der Waals surface area contributed by atoms with Crippen molar-refractivity contribution in [2.45, 2.75) is 56.8 Å². The van der Waals surface area contributed by atoms with Crippen LogP contribution in [0.3, 0.4) is 0 Å². The molecule has 1 aliphatic heterocycles. The lowest BCUT2D eigenvalue weighted by molar-refractivity contribution is -0.385. The fraction of sp³-hybridized carbons (Fsp3) is 0.423. The van der Waals surface area contributed by atoms with Crippen molar-refractivity contribution in [2.75, 3.05) is 0 Å². The van der Waals surface area contributed by atoms with E-state index in [9.17, 15) is 30.1 Å². The number of ether oxygens (including phenoxy) is 1. The van der Waals surface area contributed by atoms with Crippen LogP contribution in [-0.2, 0) is 9.53 Å². The first-order valence-electron chi connectivity index (χ1n) is 11.9. The Bertz CT molecular complexity index is 1210. The zero-order chi connectivity index (χ0) is 24.8. The van der Waals surface area contributed by atoms with E-state index in [1.807, 2.05) is 0 Å². The third-order valence-corrected chi connectivity index (χ3v) is 7.85. The number of fused-ring (bicyclic) bond motifs is 1. The summed E-state index contributed by atoms with van der Waals surface area (Å²) < 4.78 is 6.38. The molecule has 2 aromatic carbocycles.